The van der Waals surface area contributed by atoms with Crippen LogP contribution in [0.3, 0.4) is 0 Å². The number of aromatic hydroxyl groups is 1. The molecule has 1 rings (SSSR count). The molecule has 0 saturated heterocycles. The number of aryl methyl sites for hydroxylation is 1. The molecule has 5 N–H and O–H groups in total. The van der Waals surface area contributed by atoms with E-state index in [0.29, 0.717) is 24.1 Å². The third-order valence-corrected chi connectivity index (χ3v) is 2.17. The van der Waals surface area contributed by atoms with Gasteiger partial charge in [0.05, 0.1) is 0 Å². The zero-order valence-corrected chi connectivity index (χ0v) is 8.13. The minimum absolute atomic E-state index is 0.0624. The zero-order valence-electron chi connectivity index (χ0n) is 8.13. The van der Waals surface area contributed by atoms with E-state index in [4.69, 9.17) is 11.5 Å². The minimum atomic E-state index is -0.408. The Bertz CT molecular complexity index is 328. The van der Waals surface area contributed by atoms with E-state index >= 15 is 0 Å². The Morgan fingerprint density at radius 1 is 1.50 bits per heavy atom. The van der Waals surface area contributed by atoms with Gasteiger partial charge >= 0.3 is 0 Å². The monoisotopic (exact) mass is 198 g/mol. The quantitative estimate of drug-likeness (QED) is 0.683. The summed E-state index contributed by atoms with van der Waals surface area (Å²) in [6, 6.07) is 2.12. The summed E-state index contributed by atoms with van der Waals surface area (Å²) >= 11 is 0. The first-order valence-electron chi connectivity index (χ1n) is 4.51. The number of phenolic OH excluding ortho intramolecular Hbond substituents is 1. The van der Waals surface area contributed by atoms with Gasteiger partial charge in [-0.3, -0.25) is 0 Å². The van der Waals surface area contributed by atoms with Crippen molar-refractivity contribution in [3.05, 3.63) is 29.1 Å². The zero-order chi connectivity index (χ0) is 10.7. The fourth-order valence-corrected chi connectivity index (χ4v) is 1.38. The normalized spacial score (nSPS) is 12.9. The van der Waals surface area contributed by atoms with E-state index in [0.717, 1.165) is 0 Å². The van der Waals surface area contributed by atoms with Crippen LogP contribution in [-0.2, 0) is 0 Å². The summed E-state index contributed by atoms with van der Waals surface area (Å²) in [5.41, 5.74) is 12.0. The third kappa shape index (κ3) is 2.21. The van der Waals surface area contributed by atoms with Crippen molar-refractivity contribution in [2.75, 3.05) is 6.54 Å². The molecule has 0 heterocycles. The van der Waals surface area contributed by atoms with Gasteiger partial charge in [0.2, 0.25) is 0 Å². The molecule has 0 aromatic heterocycles. The highest BCUT2D eigenvalue weighted by Crippen LogP contribution is 2.28. The molecular formula is C10H15FN2O. The van der Waals surface area contributed by atoms with Crippen molar-refractivity contribution in [2.45, 2.75) is 19.4 Å². The van der Waals surface area contributed by atoms with Gasteiger partial charge in [-0.15, -0.1) is 0 Å². The van der Waals surface area contributed by atoms with Crippen molar-refractivity contribution in [1.82, 2.24) is 0 Å². The highest BCUT2D eigenvalue weighted by atomic mass is 19.1. The molecule has 14 heavy (non-hydrogen) atoms. The second-order valence-corrected chi connectivity index (χ2v) is 3.34. The first kappa shape index (κ1) is 10.9. The third-order valence-electron chi connectivity index (χ3n) is 2.17. The van der Waals surface area contributed by atoms with E-state index in [1.807, 2.05) is 0 Å². The number of halogens is 1. The number of nitrogens with two attached hydrogens (primary N) is 2. The number of benzene rings is 1. The topological polar surface area (TPSA) is 72.3 Å². The molecule has 0 aliphatic rings. The number of hydrogen-bond acceptors (Lipinski definition) is 3. The van der Waals surface area contributed by atoms with E-state index in [1.165, 1.54) is 12.1 Å². The van der Waals surface area contributed by atoms with Crippen LogP contribution in [0.4, 0.5) is 4.39 Å². The van der Waals surface area contributed by atoms with Crippen LogP contribution >= 0.6 is 0 Å². The molecule has 1 aromatic carbocycles. The van der Waals surface area contributed by atoms with Crippen molar-refractivity contribution in [3.8, 4) is 5.75 Å². The predicted octanol–water partition coefficient (Wildman–Crippen LogP) is 1.19. The van der Waals surface area contributed by atoms with Gasteiger partial charge in [-0.2, -0.15) is 0 Å². The largest absolute Gasteiger partial charge is 0.507 e. The number of rotatable bonds is 3. The number of phenols is 1. The van der Waals surface area contributed by atoms with E-state index in [9.17, 15) is 9.50 Å². The molecule has 0 bridgehead atoms. The van der Waals surface area contributed by atoms with Gasteiger partial charge in [0.15, 0.2) is 0 Å². The van der Waals surface area contributed by atoms with E-state index in [2.05, 4.69) is 0 Å². The summed E-state index contributed by atoms with van der Waals surface area (Å²) in [6.45, 7) is 2.05. The Morgan fingerprint density at radius 3 is 2.71 bits per heavy atom. The first-order valence-corrected chi connectivity index (χ1v) is 4.51. The summed E-state index contributed by atoms with van der Waals surface area (Å²) in [5.74, 6) is -0.324. The van der Waals surface area contributed by atoms with Crippen LogP contribution in [0.1, 0.15) is 23.6 Å². The molecule has 0 unspecified atom stereocenters. The van der Waals surface area contributed by atoms with Crippen LogP contribution in [0, 0.1) is 12.7 Å². The summed E-state index contributed by atoms with van der Waals surface area (Å²) in [5, 5.41) is 9.63. The molecule has 0 radical (unpaired) electrons. The van der Waals surface area contributed by atoms with Crippen LogP contribution in [-0.4, -0.2) is 11.7 Å². The van der Waals surface area contributed by atoms with Crippen molar-refractivity contribution in [2.24, 2.45) is 11.5 Å². The van der Waals surface area contributed by atoms with Gasteiger partial charge < -0.3 is 16.6 Å². The smallest absolute Gasteiger partial charge is 0.124 e. The maximum atomic E-state index is 13.0. The first-order chi connectivity index (χ1) is 6.56. The molecule has 1 atom stereocenters. The lowest BCUT2D eigenvalue weighted by molar-refractivity contribution is 0.451. The lowest BCUT2D eigenvalue weighted by Crippen LogP contribution is -2.15. The maximum absolute atomic E-state index is 13.0. The Balaban J connectivity index is 3.07. The Hall–Kier alpha value is -1.13. The van der Waals surface area contributed by atoms with E-state index < -0.39 is 6.04 Å². The summed E-state index contributed by atoms with van der Waals surface area (Å²) in [6.07, 6.45) is 0.524. The molecule has 0 fully saturated rings. The van der Waals surface area contributed by atoms with Crippen LogP contribution in [0.15, 0.2) is 12.1 Å². The summed E-state index contributed by atoms with van der Waals surface area (Å²) in [7, 11) is 0. The van der Waals surface area contributed by atoms with Crippen LogP contribution in [0.5, 0.6) is 5.75 Å². The molecule has 1 aromatic rings. The molecule has 78 valence electrons. The van der Waals surface area contributed by atoms with Crippen molar-refractivity contribution < 1.29 is 9.50 Å². The highest BCUT2D eigenvalue weighted by molar-refractivity contribution is 5.41. The standard InChI is InChI=1S/C10H15FN2O/c1-6-4-7(11)5-8(10(6)14)9(13)2-3-12/h4-5,9,14H,2-3,12-13H2,1H3/t9-/m1/s1. The Labute approximate surface area is 82.5 Å². The number of hydrogen-bond donors (Lipinski definition) is 3. The van der Waals surface area contributed by atoms with Gasteiger partial charge in [0.25, 0.3) is 0 Å². The van der Waals surface area contributed by atoms with E-state index in [1.54, 1.807) is 6.92 Å². The average Bonchev–Trinajstić information content (AvgIpc) is 2.11. The van der Waals surface area contributed by atoms with Crippen molar-refractivity contribution >= 4 is 0 Å². The summed E-state index contributed by atoms with van der Waals surface area (Å²) < 4.78 is 13.0. The molecule has 0 aliphatic heterocycles. The molecule has 0 saturated carbocycles. The minimum Gasteiger partial charge on any atom is -0.507 e. The fourth-order valence-electron chi connectivity index (χ4n) is 1.38. The highest BCUT2D eigenvalue weighted by Gasteiger charge is 2.13. The average molecular weight is 198 g/mol. The van der Waals surface area contributed by atoms with Crippen LogP contribution in [0.2, 0.25) is 0 Å². The van der Waals surface area contributed by atoms with Gasteiger partial charge in [0, 0.05) is 11.6 Å². The van der Waals surface area contributed by atoms with Crippen molar-refractivity contribution in [3.63, 3.8) is 0 Å². The SMILES string of the molecule is Cc1cc(F)cc([C@H](N)CCN)c1O. The lowest BCUT2D eigenvalue weighted by atomic mass is 10.0. The van der Waals surface area contributed by atoms with Crippen molar-refractivity contribution in [1.29, 1.82) is 0 Å². The second kappa shape index (κ2) is 4.39. The maximum Gasteiger partial charge on any atom is 0.124 e. The molecule has 0 aliphatic carbocycles. The van der Waals surface area contributed by atoms with Crippen LogP contribution in [0.25, 0.3) is 0 Å². The molecule has 0 amide bonds. The van der Waals surface area contributed by atoms with Gasteiger partial charge in [0.1, 0.15) is 11.6 Å². The predicted molar refractivity (Wildman–Crippen MR) is 53.4 cm³/mol. The van der Waals surface area contributed by atoms with Gasteiger partial charge in [-0.1, -0.05) is 0 Å². The van der Waals surface area contributed by atoms with E-state index in [-0.39, 0.29) is 11.6 Å². The Kier molecular flexibility index (Phi) is 3.43. The molecule has 3 nitrogen and oxygen atoms in total. The van der Waals surface area contributed by atoms with Gasteiger partial charge in [-0.25, -0.2) is 4.39 Å². The fraction of sp³-hybridized carbons (Fsp3) is 0.400. The molecular weight excluding hydrogens is 183 g/mol. The summed E-state index contributed by atoms with van der Waals surface area (Å²) in [4.78, 5) is 0. The van der Waals surface area contributed by atoms with Gasteiger partial charge in [-0.05, 0) is 37.6 Å². The Morgan fingerprint density at radius 2 is 2.14 bits per heavy atom. The molecule has 0 spiro atoms. The second-order valence-electron chi connectivity index (χ2n) is 3.34. The lowest BCUT2D eigenvalue weighted by Gasteiger charge is -2.14. The van der Waals surface area contributed by atoms with Crippen LogP contribution < -0.4 is 11.5 Å². The molecule has 4 heteroatoms.